The fourth-order valence-corrected chi connectivity index (χ4v) is 3.34. The van der Waals surface area contributed by atoms with Gasteiger partial charge in [0.15, 0.2) is 0 Å². The number of hydrogen-bond donors (Lipinski definition) is 1. The van der Waals surface area contributed by atoms with Crippen LogP contribution in [0.25, 0.3) is 11.5 Å². The Labute approximate surface area is 127 Å². The molecule has 0 aliphatic heterocycles. The summed E-state index contributed by atoms with van der Waals surface area (Å²) < 4.78 is 5.03. The van der Waals surface area contributed by atoms with E-state index >= 15 is 0 Å². The molecule has 1 saturated carbocycles. The number of pyridine rings is 1. The van der Waals surface area contributed by atoms with Crippen molar-refractivity contribution in [2.75, 3.05) is 6.54 Å². The van der Waals surface area contributed by atoms with Gasteiger partial charge < -0.3 is 9.84 Å². The van der Waals surface area contributed by atoms with Gasteiger partial charge in [0, 0.05) is 12.7 Å². The van der Waals surface area contributed by atoms with Crippen LogP contribution in [0.3, 0.4) is 0 Å². The lowest BCUT2D eigenvalue weighted by Gasteiger charge is -2.17. The highest BCUT2D eigenvalue weighted by molar-refractivity contribution is 5.89. The van der Waals surface area contributed by atoms with Crippen molar-refractivity contribution >= 4 is 5.91 Å². The van der Waals surface area contributed by atoms with Crippen molar-refractivity contribution in [1.29, 1.82) is 0 Å². The predicted molar refractivity (Wildman–Crippen MR) is 78.7 cm³/mol. The number of carbonyl (C=O) groups is 1. The Morgan fingerprint density at radius 1 is 1.32 bits per heavy atom. The second-order valence-electron chi connectivity index (χ2n) is 5.89. The zero-order chi connectivity index (χ0) is 14.9. The minimum atomic E-state index is -0.318. The third-order valence-corrected chi connectivity index (χ3v) is 4.46. The zero-order valence-electron chi connectivity index (χ0n) is 12.0. The van der Waals surface area contributed by atoms with Crippen LogP contribution in [0.15, 0.2) is 41.1 Å². The number of hydrogen-bond acceptors (Lipinski definition) is 5. The summed E-state index contributed by atoms with van der Waals surface area (Å²) in [4.78, 5) is 20.3. The topological polar surface area (TPSA) is 80.9 Å². The molecular formula is C16H16N4O2. The molecule has 0 aromatic carbocycles. The van der Waals surface area contributed by atoms with Gasteiger partial charge in [0.2, 0.25) is 5.82 Å². The second kappa shape index (κ2) is 5.36. The number of nitrogens with zero attached hydrogens (tertiary/aromatic N) is 3. The summed E-state index contributed by atoms with van der Waals surface area (Å²) >= 11 is 0. The van der Waals surface area contributed by atoms with Gasteiger partial charge in [-0.2, -0.15) is 4.98 Å². The third-order valence-electron chi connectivity index (χ3n) is 4.46. The Bertz CT molecular complexity index is 710. The van der Waals surface area contributed by atoms with Crippen LogP contribution in [0.4, 0.5) is 0 Å². The lowest BCUT2D eigenvalue weighted by Crippen LogP contribution is -2.31. The van der Waals surface area contributed by atoms with Crippen LogP contribution in [0.1, 0.15) is 23.5 Å². The summed E-state index contributed by atoms with van der Waals surface area (Å²) in [7, 11) is 0. The number of amides is 1. The van der Waals surface area contributed by atoms with Crippen LogP contribution in [0.5, 0.6) is 0 Å². The number of allylic oxidation sites excluding steroid dienone is 2. The van der Waals surface area contributed by atoms with E-state index in [0.29, 0.717) is 35.8 Å². The van der Waals surface area contributed by atoms with Crippen molar-refractivity contribution in [2.24, 2.45) is 17.8 Å². The summed E-state index contributed by atoms with van der Waals surface area (Å²) in [5, 5.41) is 6.71. The molecule has 22 heavy (non-hydrogen) atoms. The average molecular weight is 296 g/mol. The largest absolute Gasteiger partial charge is 0.348 e. The van der Waals surface area contributed by atoms with Crippen molar-refractivity contribution in [3.05, 3.63) is 42.4 Å². The summed E-state index contributed by atoms with van der Waals surface area (Å²) in [5.41, 5.74) is 0.587. The molecule has 2 aromatic heterocycles. The molecule has 1 amide bonds. The highest BCUT2D eigenvalue weighted by Gasteiger charge is 2.35. The van der Waals surface area contributed by atoms with Crippen molar-refractivity contribution in [2.45, 2.75) is 12.8 Å². The number of carbonyl (C=O) groups excluding carboxylic acids is 1. The van der Waals surface area contributed by atoms with E-state index in [2.05, 4.69) is 32.6 Å². The SMILES string of the molecule is O=C(NC[C@@H]1C[C@@H]2C=C[C@H]1C2)c1nc(-c2ccccn2)no1. The standard InChI is InChI=1S/C16H16N4O2/c21-15(18-9-12-8-10-4-5-11(12)7-10)16-19-14(20-22-16)13-3-1-2-6-17-13/h1-6,10-12H,7-9H2,(H,18,21)/t10-,11+,12+/m1/s1. The molecule has 6 nitrogen and oxygen atoms in total. The quantitative estimate of drug-likeness (QED) is 0.874. The normalized spacial score (nSPS) is 25.5. The molecule has 2 bridgehead atoms. The Hall–Kier alpha value is -2.50. The third kappa shape index (κ3) is 2.41. The predicted octanol–water partition coefficient (Wildman–Crippen LogP) is 2.07. The van der Waals surface area contributed by atoms with Crippen LogP contribution in [0, 0.1) is 17.8 Å². The van der Waals surface area contributed by atoms with Gasteiger partial charge in [-0.3, -0.25) is 9.78 Å². The average Bonchev–Trinajstić information content (AvgIpc) is 3.29. The van der Waals surface area contributed by atoms with Crippen molar-refractivity contribution < 1.29 is 9.32 Å². The maximum atomic E-state index is 12.1. The maximum Gasteiger partial charge on any atom is 0.316 e. The molecule has 1 fully saturated rings. The van der Waals surface area contributed by atoms with E-state index in [1.54, 1.807) is 18.3 Å². The molecule has 0 unspecified atom stereocenters. The fraction of sp³-hybridized carbons (Fsp3) is 0.375. The molecule has 2 heterocycles. The number of aromatic nitrogens is 3. The first-order valence-corrected chi connectivity index (χ1v) is 7.51. The highest BCUT2D eigenvalue weighted by atomic mass is 16.5. The smallest absolute Gasteiger partial charge is 0.316 e. The molecule has 0 spiro atoms. The highest BCUT2D eigenvalue weighted by Crippen LogP contribution is 2.42. The number of nitrogens with one attached hydrogen (secondary N) is 1. The molecular weight excluding hydrogens is 280 g/mol. The Balaban J connectivity index is 1.39. The second-order valence-corrected chi connectivity index (χ2v) is 5.89. The van der Waals surface area contributed by atoms with Crippen molar-refractivity contribution in [1.82, 2.24) is 20.4 Å². The van der Waals surface area contributed by atoms with Gasteiger partial charge >= 0.3 is 11.8 Å². The summed E-state index contributed by atoms with van der Waals surface area (Å²) in [6, 6.07) is 5.41. The molecule has 4 rings (SSSR count). The Morgan fingerprint density at radius 3 is 3.00 bits per heavy atom. The van der Waals surface area contributed by atoms with E-state index in [1.165, 1.54) is 6.42 Å². The first-order chi connectivity index (χ1) is 10.8. The zero-order valence-corrected chi connectivity index (χ0v) is 12.0. The Morgan fingerprint density at radius 2 is 2.27 bits per heavy atom. The minimum Gasteiger partial charge on any atom is -0.348 e. The van der Waals surface area contributed by atoms with Crippen LogP contribution < -0.4 is 5.32 Å². The lowest BCUT2D eigenvalue weighted by molar-refractivity contribution is 0.0901. The molecule has 6 heteroatoms. The van der Waals surface area contributed by atoms with E-state index in [9.17, 15) is 4.79 Å². The van der Waals surface area contributed by atoms with E-state index in [-0.39, 0.29) is 11.8 Å². The van der Waals surface area contributed by atoms with Gasteiger partial charge in [-0.05, 0) is 42.7 Å². The van der Waals surface area contributed by atoms with Crippen LogP contribution in [-0.4, -0.2) is 27.6 Å². The van der Waals surface area contributed by atoms with Gasteiger partial charge in [-0.1, -0.05) is 23.4 Å². The van der Waals surface area contributed by atoms with Crippen molar-refractivity contribution in [3.8, 4) is 11.5 Å². The Kier molecular flexibility index (Phi) is 3.21. The molecule has 2 aliphatic carbocycles. The molecule has 0 radical (unpaired) electrons. The minimum absolute atomic E-state index is 0.0145. The number of fused-ring (bicyclic) bond motifs is 2. The molecule has 2 aliphatic rings. The van der Waals surface area contributed by atoms with Gasteiger partial charge in [-0.25, -0.2) is 0 Å². The van der Waals surface area contributed by atoms with Crippen LogP contribution >= 0.6 is 0 Å². The molecule has 2 aromatic rings. The van der Waals surface area contributed by atoms with E-state index in [4.69, 9.17) is 4.52 Å². The lowest BCUT2D eigenvalue weighted by atomic mass is 9.94. The van der Waals surface area contributed by atoms with E-state index in [1.807, 2.05) is 6.07 Å². The van der Waals surface area contributed by atoms with Gasteiger partial charge in [0.1, 0.15) is 5.69 Å². The molecule has 0 saturated heterocycles. The van der Waals surface area contributed by atoms with Crippen LogP contribution in [-0.2, 0) is 0 Å². The van der Waals surface area contributed by atoms with E-state index in [0.717, 1.165) is 6.42 Å². The summed E-state index contributed by atoms with van der Waals surface area (Å²) in [6.45, 7) is 0.658. The van der Waals surface area contributed by atoms with Crippen molar-refractivity contribution in [3.63, 3.8) is 0 Å². The van der Waals surface area contributed by atoms with Gasteiger partial charge in [0.05, 0.1) is 0 Å². The maximum absolute atomic E-state index is 12.1. The monoisotopic (exact) mass is 296 g/mol. The van der Waals surface area contributed by atoms with Gasteiger partial charge in [-0.15, -0.1) is 0 Å². The van der Waals surface area contributed by atoms with E-state index < -0.39 is 0 Å². The summed E-state index contributed by atoms with van der Waals surface area (Å²) in [6.07, 6.45) is 8.60. The molecule has 112 valence electrons. The summed E-state index contributed by atoms with van der Waals surface area (Å²) in [5.74, 6) is 1.83. The number of rotatable bonds is 4. The van der Waals surface area contributed by atoms with Gasteiger partial charge in [0.25, 0.3) is 0 Å². The molecule has 3 atom stereocenters. The molecule has 1 N–H and O–H groups in total. The fourth-order valence-electron chi connectivity index (χ4n) is 3.34. The van der Waals surface area contributed by atoms with Crippen LogP contribution in [0.2, 0.25) is 0 Å². The first-order valence-electron chi connectivity index (χ1n) is 7.51. The first kappa shape index (κ1) is 13.2.